The number of carbonyl (C=O) groups is 2. The van der Waals surface area contributed by atoms with Gasteiger partial charge in [0.25, 0.3) is 0 Å². The SMILES string of the molecule is Cc1cc(NC(=O)C(=O)N2CCCC[C@H]2c2ccc(N)cn2)cnc1N. The Kier molecular flexibility index (Phi) is 5.01. The minimum Gasteiger partial charge on any atom is -0.397 e. The summed E-state index contributed by atoms with van der Waals surface area (Å²) in [4.78, 5) is 35.1. The third-order valence-electron chi connectivity index (χ3n) is 4.49. The molecule has 3 rings (SSSR count). The highest BCUT2D eigenvalue weighted by Crippen LogP contribution is 2.30. The molecule has 0 spiro atoms. The normalized spacial score (nSPS) is 17.0. The average Bonchev–Trinajstić information content (AvgIpc) is 2.65. The number of pyridine rings is 2. The van der Waals surface area contributed by atoms with Gasteiger partial charge < -0.3 is 21.7 Å². The summed E-state index contributed by atoms with van der Waals surface area (Å²) in [5.41, 5.74) is 13.8. The highest BCUT2D eigenvalue weighted by molar-refractivity contribution is 6.39. The fraction of sp³-hybridized carbons (Fsp3) is 0.333. The molecule has 8 heteroatoms. The van der Waals surface area contributed by atoms with Gasteiger partial charge in [-0.15, -0.1) is 0 Å². The van der Waals surface area contributed by atoms with Gasteiger partial charge in [-0.2, -0.15) is 0 Å². The van der Waals surface area contributed by atoms with Crippen LogP contribution in [0.25, 0.3) is 0 Å². The molecular weight excluding hydrogens is 332 g/mol. The molecule has 1 aliphatic rings. The minimum absolute atomic E-state index is 0.228. The molecule has 0 saturated carbocycles. The van der Waals surface area contributed by atoms with Gasteiger partial charge >= 0.3 is 11.8 Å². The Hall–Kier alpha value is -3.16. The lowest BCUT2D eigenvalue weighted by Crippen LogP contribution is -2.44. The van der Waals surface area contributed by atoms with E-state index in [0.717, 1.165) is 30.5 Å². The van der Waals surface area contributed by atoms with Crippen molar-refractivity contribution in [3.63, 3.8) is 0 Å². The summed E-state index contributed by atoms with van der Waals surface area (Å²) in [6.07, 6.45) is 5.59. The first-order chi connectivity index (χ1) is 12.5. The summed E-state index contributed by atoms with van der Waals surface area (Å²) in [6, 6.07) is 5.01. The molecule has 1 aliphatic heterocycles. The smallest absolute Gasteiger partial charge is 0.313 e. The Bertz CT molecular complexity index is 821. The quantitative estimate of drug-likeness (QED) is 0.704. The van der Waals surface area contributed by atoms with E-state index in [1.807, 2.05) is 0 Å². The molecule has 2 aromatic heterocycles. The number of aryl methyl sites for hydroxylation is 1. The number of hydrogen-bond donors (Lipinski definition) is 3. The second-order valence-corrected chi connectivity index (χ2v) is 6.41. The molecule has 0 aromatic carbocycles. The fourth-order valence-electron chi connectivity index (χ4n) is 3.06. The predicted octanol–water partition coefficient (Wildman–Crippen LogP) is 1.64. The number of amides is 2. The molecule has 26 heavy (non-hydrogen) atoms. The van der Waals surface area contributed by atoms with Crippen LogP contribution in [0.2, 0.25) is 0 Å². The molecule has 0 unspecified atom stereocenters. The lowest BCUT2D eigenvalue weighted by atomic mass is 9.98. The van der Waals surface area contributed by atoms with Crippen molar-refractivity contribution in [2.75, 3.05) is 23.3 Å². The zero-order chi connectivity index (χ0) is 18.7. The second kappa shape index (κ2) is 7.38. The first kappa shape index (κ1) is 17.7. The molecule has 2 amide bonds. The Morgan fingerprint density at radius 3 is 2.69 bits per heavy atom. The first-order valence-electron chi connectivity index (χ1n) is 8.51. The van der Waals surface area contributed by atoms with Gasteiger partial charge in [-0.05, 0) is 49.9 Å². The number of nitrogen functional groups attached to an aromatic ring is 2. The van der Waals surface area contributed by atoms with Crippen LogP contribution in [0, 0.1) is 6.92 Å². The van der Waals surface area contributed by atoms with E-state index in [0.29, 0.717) is 23.7 Å². The lowest BCUT2D eigenvalue weighted by Gasteiger charge is -2.34. The van der Waals surface area contributed by atoms with E-state index < -0.39 is 11.8 Å². The van der Waals surface area contributed by atoms with E-state index in [4.69, 9.17) is 11.5 Å². The van der Waals surface area contributed by atoms with Crippen molar-refractivity contribution < 1.29 is 9.59 Å². The first-order valence-corrected chi connectivity index (χ1v) is 8.51. The summed E-state index contributed by atoms with van der Waals surface area (Å²) in [7, 11) is 0. The predicted molar refractivity (Wildman–Crippen MR) is 99.0 cm³/mol. The van der Waals surface area contributed by atoms with Crippen LogP contribution in [-0.4, -0.2) is 33.2 Å². The third kappa shape index (κ3) is 3.74. The zero-order valence-electron chi connectivity index (χ0n) is 14.6. The molecule has 1 atom stereocenters. The molecule has 1 saturated heterocycles. The second-order valence-electron chi connectivity index (χ2n) is 6.41. The largest absolute Gasteiger partial charge is 0.397 e. The van der Waals surface area contributed by atoms with E-state index in [1.54, 1.807) is 36.2 Å². The monoisotopic (exact) mass is 354 g/mol. The Balaban J connectivity index is 1.76. The zero-order valence-corrected chi connectivity index (χ0v) is 14.6. The summed E-state index contributed by atoms with van der Waals surface area (Å²) < 4.78 is 0. The molecule has 0 bridgehead atoms. The van der Waals surface area contributed by atoms with Crippen molar-refractivity contribution in [3.8, 4) is 0 Å². The van der Waals surface area contributed by atoms with Crippen molar-refractivity contribution >= 4 is 29.0 Å². The maximum Gasteiger partial charge on any atom is 0.313 e. The van der Waals surface area contributed by atoms with Gasteiger partial charge in [0.2, 0.25) is 0 Å². The van der Waals surface area contributed by atoms with Gasteiger partial charge in [-0.1, -0.05) is 0 Å². The van der Waals surface area contributed by atoms with Crippen molar-refractivity contribution in [1.29, 1.82) is 0 Å². The van der Waals surface area contributed by atoms with Crippen molar-refractivity contribution in [2.24, 2.45) is 0 Å². The van der Waals surface area contributed by atoms with Crippen LogP contribution in [0.3, 0.4) is 0 Å². The summed E-state index contributed by atoms with van der Waals surface area (Å²) in [6.45, 7) is 2.30. The van der Waals surface area contributed by atoms with E-state index in [2.05, 4.69) is 15.3 Å². The number of likely N-dealkylation sites (tertiary alicyclic amines) is 1. The fourth-order valence-corrected chi connectivity index (χ4v) is 3.06. The van der Waals surface area contributed by atoms with Crippen LogP contribution in [-0.2, 0) is 9.59 Å². The highest BCUT2D eigenvalue weighted by atomic mass is 16.2. The van der Waals surface area contributed by atoms with Crippen LogP contribution in [0.1, 0.15) is 36.6 Å². The molecule has 8 nitrogen and oxygen atoms in total. The molecular formula is C18H22N6O2. The number of carbonyl (C=O) groups excluding carboxylic acids is 2. The Morgan fingerprint density at radius 1 is 1.19 bits per heavy atom. The number of nitrogens with two attached hydrogens (primary N) is 2. The summed E-state index contributed by atoms with van der Waals surface area (Å²) in [5.74, 6) is -0.888. The van der Waals surface area contributed by atoms with Crippen LogP contribution in [0.4, 0.5) is 17.2 Å². The maximum absolute atomic E-state index is 12.7. The lowest BCUT2D eigenvalue weighted by molar-refractivity contribution is -0.146. The van der Waals surface area contributed by atoms with E-state index in [9.17, 15) is 9.59 Å². The standard InChI is InChI=1S/C18H22N6O2/c1-11-8-13(10-22-16(11)20)23-17(25)18(26)24-7-3-2-4-15(24)14-6-5-12(19)9-21-14/h5-6,8-10,15H,2-4,7,19H2,1H3,(H2,20,22)(H,23,25)/t15-/m0/s1. The number of nitrogens with zero attached hydrogens (tertiary/aromatic N) is 3. The molecule has 0 aliphatic carbocycles. The van der Waals surface area contributed by atoms with Gasteiger partial charge in [0.15, 0.2) is 0 Å². The molecule has 136 valence electrons. The highest BCUT2D eigenvalue weighted by Gasteiger charge is 2.32. The van der Waals surface area contributed by atoms with E-state index >= 15 is 0 Å². The van der Waals surface area contributed by atoms with Crippen molar-refractivity contribution in [2.45, 2.75) is 32.2 Å². The molecule has 1 fully saturated rings. The number of anilines is 3. The number of hydrogen-bond acceptors (Lipinski definition) is 6. The number of nitrogens with one attached hydrogen (secondary N) is 1. The van der Waals surface area contributed by atoms with Crippen LogP contribution >= 0.6 is 0 Å². The number of rotatable bonds is 2. The number of aromatic nitrogens is 2. The van der Waals surface area contributed by atoms with Crippen molar-refractivity contribution in [3.05, 3.63) is 41.9 Å². The van der Waals surface area contributed by atoms with Gasteiger partial charge in [0.1, 0.15) is 5.82 Å². The third-order valence-corrected chi connectivity index (χ3v) is 4.49. The van der Waals surface area contributed by atoms with Crippen molar-refractivity contribution in [1.82, 2.24) is 14.9 Å². The molecule has 0 radical (unpaired) electrons. The minimum atomic E-state index is -0.696. The Morgan fingerprint density at radius 2 is 2.00 bits per heavy atom. The molecule has 2 aromatic rings. The molecule has 5 N–H and O–H groups in total. The van der Waals surface area contributed by atoms with Gasteiger partial charge in [-0.3, -0.25) is 14.6 Å². The average molecular weight is 354 g/mol. The van der Waals surface area contributed by atoms with Gasteiger partial charge in [-0.25, -0.2) is 4.98 Å². The summed E-state index contributed by atoms with van der Waals surface area (Å²) in [5, 5.41) is 2.60. The summed E-state index contributed by atoms with van der Waals surface area (Å²) >= 11 is 0. The van der Waals surface area contributed by atoms with Crippen LogP contribution < -0.4 is 16.8 Å². The van der Waals surface area contributed by atoms with Crippen LogP contribution in [0.15, 0.2) is 30.6 Å². The van der Waals surface area contributed by atoms with E-state index in [-0.39, 0.29) is 6.04 Å². The Labute approximate surface area is 151 Å². The number of piperidine rings is 1. The van der Waals surface area contributed by atoms with Gasteiger partial charge in [0.05, 0.1) is 35.5 Å². The van der Waals surface area contributed by atoms with Gasteiger partial charge in [0, 0.05) is 6.54 Å². The van der Waals surface area contributed by atoms with E-state index in [1.165, 1.54) is 6.20 Å². The molecule has 3 heterocycles. The maximum atomic E-state index is 12.7. The van der Waals surface area contributed by atoms with Crippen LogP contribution in [0.5, 0.6) is 0 Å². The topological polar surface area (TPSA) is 127 Å².